The van der Waals surface area contributed by atoms with E-state index in [9.17, 15) is 0 Å². The van der Waals surface area contributed by atoms with Gasteiger partial charge in [-0.05, 0) is 43.2 Å². The quantitative estimate of drug-likeness (QED) is 0.705. The van der Waals surface area contributed by atoms with Crippen molar-refractivity contribution in [2.45, 2.75) is 13.8 Å². The normalized spacial score (nSPS) is 15.9. The molecule has 0 saturated heterocycles. The second-order valence-electron chi connectivity index (χ2n) is 4.46. The van der Waals surface area contributed by atoms with Crippen LogP contribution in [0.15, 0.2) is 60.1 Å². The maximum atomic E-state index is 5.60. The highest BCUT2D eigenvalue weighted by atomic mass is 15.1. The number of rotatable bonds is 6. The van der Waals surface area contributed by atoms with Crippen LogP contribution in [-0.2, 0) is 0 Å². The van der Waals surface area contributed by atoms with Gasteiger partial charge in [0, 0.05) is 37.2 Å². The van der Waals surface area contributed by atoms with Crippen LogP contribution in [0.4, 0.5) is 0 Å². The topological polar surface area (TPSA) is 41.3 Å². The van der Waals surface area contributed by atoms with E-state index >= 15 is 0 Å². The van der Waals surface area contributed by atoms with Crippen molar-refractivity contribution in [1.82, 2.24) is 10.2 Å². The van der Waals surface area contributed by atoms with E-state index in [0.717, 1.165) is 36.5 Å². The number of hydrogen-bond donors (Lipinski definition) is 2. The standard InChI is InChI=1S/C15H23N3/c1-5-18-7-6-12(2)9-15(18)11-17-10-13(3)8-14(4)16/h6-9,17H,2-3,5,10-11,16H2,1,4H3/b14-8+. The number of nitrogens with two attached hydrogens (primary N) is 1. The summed E-state index contributed by atoms with van der Waals surface area (Å²) in [7, 11) is 0. The van der Waals surface area contributed by atoms with E-state index in [4.69, 9.17) is 5.73 Å². The average Bonchev–Trinajstić information content (AvgIpc) is 2.28. The largest absolute Gasteiger partial charge is 0.402 e. The van der Waals surface area contributed by atoms with Crippen LogP contribution in [0.5, 0.6) is 0 Å². The molecule has 1 rings (SSSR count). The fourth-order valence-electron chi connectivity index (χ4n) is 1.81. The third-order valence-corrected chi connectivity index (χ3v) is 2.62. The van der Waals surface area contributed by atoms with Crippen LogP contribution in [-0.4, -0.2) is 24.5 Å². The summed E-state index contributed by atoms with van der Waals surface area (Å²) in [5.74, 6) is 0. The summed E-state index contributed by atoms with van der Waals surface area (Å²) < 4.78 is 0. The SMILES string of the molecule is C=C1C=CN(CC)C(CNCC(=C)/C=C(\C)N)=C1. The van der Waals surface area contributed by atoms with Gasteiger partial charge in [0.1, 0.15) is 0 Å². The van der Waals surface area contributed by atoms with Crippen molar-refractivity contribution in [2.75, 3.05) is 19.6 Å². The Balaban J connectivity index is 2.45. The van der Waals surface area contributed by atoms with Gasteiger partial charge < -0.3 is 16.0 Å². The first kappa shape index (κ1) is 14.3. The van der Waals surface area contributed by atoms with Gasteiger partial charge in [-0.3, -0.25) is 0 Å². The Hall–Kier alpha value is -1.74. The van der Waals surface area contributed by atoms with E-state index in [2.05, 4.69) is 42.6 Å². The highest BCUT2D eigenvalue weighted by Crippen LogP contribution is 2.14. The summed E-state index contributed by atoms with van der Waals surface area (Å²) in [6, 6.07) is 0. The summed E-state index contributed by atoms with van der Waals surface area (Å²) in [4.78, 5) is 2.20. The van der Waals surface area contributed by atoms with Crippen molar-refractivity contribution in [2.24, 2.45) is 5.73 Å². The van der Waals surface area contributed by atoms with Gasteiger partial charge in [0.15, 0.2) is 0 Å². The molecule has 0 spiro atoms. The third-order valence-electron chi connectivity index (χ3n) is 2.62. The van der Waals surface area contributed by atoms with Gasteiger partial charge in [-0.25, -0.2) is 0 Å². The molecule has 1 aliphatic heterocycles. The van der Waals surface area contributed by atoms with Crippen LogP contribution in [0.1, 0.15) is 13.8 Å². The zero-order chi connectivity index (χ0) is 13.5. The van der Waals surface area contributed by atoms with E-state index < -0.39 is 0 Å². The van der Waals surface area contributed by atoms with Gasteiger partial charge in [0.25, 0.3) is 0 Å². The maximum Gasteiger partial charge on any atom is 0.0362 e. The predicted molar refractivity (Wildman–Crippen MR) is 78.7 cm³/mol. The minimum atomic E-state index is 0.736. The minimum absolute atomic E-state index is 0.736. The molecule has 0 amide bonds. The van der Waals surface area contributed by atoms with E-state index in [1.165, 1.54) is 5.70 Å². The van der Waals surface area contributed by atoms with Crippen molar-refractivity contribution in [1.29, 1.82) is 0 Å². The van der Waals surface area contributed by atoms with Gasteiger partial charge in [-0.2, -0.15) is 0 Å². The van der Waals surface area contributed by atoms with Crippen molar-refractivity contribution < 1.29 is 0 Å². The van der Waals surface area contributed by atoms with Crippen molar-refractivity contribution in [3.05, 3.63) is 60.1 Å². The summed E-state index contributed by atoms with van der Waals surface area (Å²) >= 11 is 0. The summed E-state index contributed by atoms with van der Waals surface area (Å²) in [5, 5.41) is 3.36. The van der Waals surface area contributed by atoms with Gasteiger partial charge >= 0.3 is 0 Å². The highest BCUT2D eigenvalue weighted by Gasteiger charge is 2.08. The Kier molecular flexibility index (Phi) is 5.46. The van der Waals surface area contributed by atoms with Crippen LogP contribution in [0.25, 0.3) is 0 Å². The second kappa shape index (κ2) is 6.87. The van der Waals surface area contributed by atoms with E-state index in [1.54, 1.807) is 0 Å². The lowest BCUT2D eigenvalue weighted by atomic mass is 10.1. The molecule has 0 aliphatic carbocycles. The fourth-order valence-corrected chi connectivity index (χ4v) is 1.81. The molecule has 0 radical (unpaired) electrons. The lowest BCUT2D eigenvalue weighted by Crippen LogP contribution is -2.28. The van der Waals surface area contributed by atoms with E-state index in [1.807, 2.05) is 19.1 Å². The molecular formula is C15H23N3. The van der Waals surface area contributed by atoms with Gasteiger partial charge in [0.05, 0.1) is 0 Å². The van der Waals surface area contributed by atoms with Crippen LogP contribution in [0.3, 0.4) is 0 Å². The average molecular weight is 245 g/mol. The molecular weight excluding hydrogens is 222 g/mol. The van der Waals surface area contributed by atoms with Gasteiger partial charge in [-0.15, -0.1) is 0 Å². The number of allylic oxidation sites excluding steroid dienone is 4. The van der Waals surface area contributed by atoms with E-state index in [-0.39, 0.29) is 0 Å². The molecule has 0 fully saturated rings. The smallest absolute Gasteiger partial charge is 0.0362 e. The molecule has 0 atom stereocenters. The van der Waals surface area contributed by atoms with Gasteiger partial charge in [-0.1, -0.05) is 13.2 Å². The minimum Gasteiger partial charge on any atom is -0.402 e. The highest BCUT2D eigenvalue weighted by molar-refractivity contribution is 5.35. The van der Waals surface area contributed by atoms with Crippen molar-refractivity contribution >= 4 is 0 Å². The lowest BCUT2D eigenvalue weighted by Gasteiger charge is -2.25. The third kappa shape index (κ3) is 4.63. The van der Waals surface area contributed by atoms with Crippen LogP contribution >= 0.6 is 0 Å². The van der Waals surface area contributed by atoms with E-state index in [0.29, 0.717) is 0 Å². The Labute approximate surface area is 110 Å². The molecule has 0 unspecified atom stereocenters. The molecule has 0 aromatic heterocycles. The molecule has 0 aromatic carbocycles. The molecule has 98 valence electrons. The summed E-state index contributed by atoms with van der Waals surface area (Å²) in [5.41, 5.74) is 9.64. The first-order chi connectivity index (χ1) is 8.52. The first-order valence-corrected chi connectivity index (χ1v) is 6.19. The van der Waals surface area contributed by atoms with Crippen LogP contribution in [0.2, 0.25) is 0 Å². The first-order valence-electron chi connectivity index (χ1n) is 6.19. The number of nitrogens with one attached hydrogen (secondary N) is 1. The molecule has 3 N–H and O–H groups in total. The predicted octanol–water partition coefficient (Wildman–Crippen LogP) is 2.28. The maximum absolute atomic E-state index is 5.60. The number of hydrogen-bond acceptors (Lipinski definition) is 3. The Bertz CT molecular complexity index is 409. The van der Waals surface area contributed by atoms with Crippen LogP contribution in [0, 0.1) is 0 Å². The molecule has 0 bridgehead atoms. The molecule has 0 saturated carbocycles. The molecule has 18 heavy (non-hydrogen) atoms. The molecule has 1 heterocycles. The molecule has 1 aliphatic rings. The second-order valence-corrected chi connectivity index (χ2v) is 4.46. The fraction of sp³-hybridized carbons (Fsp3) is 0.333. The molecule has 3 nitrogen and oxygen atoms in total. The van der Waals surface area contributed by atoms with Gasteiger partial charge in [0.2, 0.25) is 0 Å². The Morgan fingerprint density at radius 1 is 1.56 bits per heavy atom. The zero-order valence-corrected chi connectivity index (χ0v) is 11.4. The van der Waals surface area contributed by atoms with Crippen molar-refractivity contribution in [3.63, 3.8) is 0 Å². The Morgan fingerprint density at radius 3 is 2.89 bits per heavy atom. The number of likely N-dealkylation sites (N-methyl/N-ethyl adjacent to an activating group) is 1. The monoisotopic (exact) mass is 245 g/mol. The molecule has 3 heteroatoms. The molecule has 0 aromatic rings. The van der Waals surface area contributed by atoms with Crippen LogP contribution < -0.4 is 11.1 Å². The summed E-state index contributed by atoms with van der Waals surface area (Å²) in [6.45, 7) is 14.4. The number of nitrogens with zero attached hydrogens (tertiary/aromatic N) is 1. The van der Waals surface area contributed by atoms with Crippen molar-refractivity contribution in [3.8, 4) is 0 Å². The summed E-state index contributed by atoms with van der Waals surface area (Å²) in [6.07, 6.45) is 8.08. The lowest BCUT2D eigenvalue weighted by molar-refractivity contribution is 0.465. The Morgan fingerprint density at radius 2 is 2.28 bits per heavy atom. The zero-order valence-electron chi connectivity index (χ0n) is 11.4.